The van der Waals surface area contributed by atoms with Crippen LogP contribution >= 0.6 is 0 Å². The van der Waals surface area contributed by atoms with Crippen molar-refractivity contribution in [3.63, 3.8) is 0 Å². The fraction of sp³-hybridized carbons (Fsp3) is 0.185. The molecule has 5 nitrogen and oxygen atoms in total. The molecule has 32 heavy (non-hydrogen) atoms. The number of rotatable bonds is 6. The van der Waals surface area contributed by atoms with E-state index < -0.39 is 17.7 Å². The van der Waals surface area contributed by atoms with Gasteiger partial charge in [0.1, 0.15) is 5.75 Å². The Hall–Kier alpha value is -3.86. The molecule has 0 radical (unpaired) electrons. The van der Waals surface area contributed by atoms with Crippen LogP contribution in [0, 0.1) is 13.8 Å². The summed E-state index contributed by atoms with van der Waals surface area (Å²) in [5.74, 6) is -1.42. The van der Waals surface area contributed by atoms with Crippen molar-refractivity contribution in [2.75, 3.05) is 4.90 Å². The van der Waals surface area contributed by atoms with Gasteiger partial charge in [-0.25, -0.2) is 0 Å². The zero-order chi connectivity index (χ0) is 22.8. The van der Waals surface area contributed by atoms with E-state index in [0.29, 0.717) is 17.7 Å². The molecule has 3 aromatic carbocycles. The fourth-order valence-corrected chi connectivity index (χ4v) is 4.08. The monoisotopic (exact) mass is 427 g/mol. The van der Waals surface area contributed by atoms with Crippen LogP contribution in [0.2, 0.25) is 0 Å². The van der Waals surface area contributed by atoms with Crippen LogP contribution in [-0.2, 0) is 16.0 Å². The third kappa shape index (κ3) is 4.02. The second-order valence-electron chi connectivity index (χ2n) is 8.11. The van der Waals surface area contributed by atoms with Crippen LogP contribution in [0.4, 0.5) is 5.69 Å². The van der Waals surface area contributed by atoms with E-state index in [1.807, 2.05) is 56.3 Å². The van der Waals surface area contributed by atoms with Crippen LogP contribution in [0.25, 0.3) is 0 Å². The molecule has 3 aromatic rings. The van der Waals surface area contributed by atoms with Crippen molar-refractivity contribution < 1.29 is 19.8 Å². The molecule has 0 saturated heterocycles. The maximum absolute atomic E-state index is 13.3. The SMILES string of the molecule is Cc1ccc(N2C(=O)C(O)=C(C(=O)CCc3ccccc3)C2c2cccc(O)c2)cc1C. The van der Waals surface area contributed by atoms with Gasteiger partial charge >= 0.3 is 0 Å². The van der Waals surface area contributed by atoms with Crippen molar-refractivity contribution in [2.24, 2.45) is 0 Å². The largest absolute Gasteiger partial charge is 0.508 e. The predicted molar refractivity (Wildman–Crippen MR) is 124 cm³/mol. The number of carbonyl (C=O) groups excluding carboxylic acids is 2. The van der Waals surface area contributed by atoms with Crippen molar-refractivity contribution in [1.29, 1.82) is 0 Å². The summed E-state index contributed by atoms with van der Waals surface area (Å²) in [5, 5.41) is 20.8. The van der Waals surface area contributed by atoms with E-state index in [0.717, 1.165) is 16.7 Å². The average molecular weight is 428 g/mol. The number of aliphatic hydroxyl groups is 1. The van der Waals surface area contributed by atoms with Gasteiger partial charge in [-0.15, -0.1) is 0 Å². The molecule has 0 aromatic heterocycles. The Balaban J connectivity index is 1.75. The first kappa shape index (κ1) is 21.4. The molecule has 0 bridgehead atoms. The van der Waals surface area contributed by atoms with Gasteiger partial charge in [0.15, 0.2) is 11.5 Å². The number of phenolic OH excluding ortho intramolecular Hbond substituents is 1. The summed E-state index contributed by atoms with van der Waals surface area (Å²) in [4.78, 5) is 27.9. The molecule has 5 heteroatoms. The smallest absolute Gasteiger partial charge is 0.294 e. The second kappa shape index (κ2) is 8.71. The lowest BCUT2D eigenvalue weighted by Crippen LogP contribution is -2.31. The van der Waals surface area contributed by atoms with Gasteiger partial charge in [-0.3, -0.25) is 14.5 Å². The summed E-state index contributed by atoms with van der Waals surface area (Å²) in [5.41, 5.74) is 4.28. The summed E-state index contributed by atoms with van der Waals surface area (Å²) >= 11 is 0. The van der Waals surface area contributed by atoms with E-state index in [1.165, 1.54) is 17.0 Å². The minimum absolute atomic E-state index is 0.0254. The van der Waals surface area contributed by atoms with Crippen molar-refractivity contribution in [3.05, 3.63) is 106 Å². The summed E-state index contributed by atoms with van der Waals surface area (Å²) in [6, 6.07) is 20.8. The average Bonchev–Trinajstić information content (AvgIpc) is 3.05. The Morgan fingerprint density at radius 1 is 0.906 bits per heavy atom. The summed E-state index contributed by atoms with van der Waals surface area (Å²) < 4.78 is 0. The number of aryl methyl sites for hydroxylation is 3. The highest BCUT2D eigenvalue weighted by Gasteiger charge is 2.44. The maximum Gasteiger partial charge on any atom is 0.294 e. The van der Waals surface area contributed by atoms with Crippen LogP contribution in [0.3, 0.4) is 0 Å². The quantitative estimate of drug-likeness (QED) is 0.573. The third-order valence-electron chi connectivity index (χ3n) is 5.95. The number of aromatic hydroxyl groups is 1. The summed E-state index contributed by atoms with van der Waals surface area (Å²) in [6.45, 7) is 3.92. The molecule has 1 amide bonds. The predicted octanol–water partition coefficient (Wildman–Crippen LogP) is 5.11. The zero-order valence-corrected chi connectivity index (χ0v) is 18.1. The lowest BCUT2D eigenvalue weighted by atomic mass is 9.92. The van der Waals surface area contributed by atoms with Crippen molar-refractivity contribution in [2.45, 2.75) is 32.7 Å². The summed E-state index contributed by atoms with van der Waals surface area (Å²) in [7, 11) is 0. The number of hydrogen-bond donors (Lipinski definition) is 2. The molecule has 1 aliphatic heterocycles. The Morgan fingerprint density at radius 2 is 1.66 bits per heavy atom. The molecule has 2 N–H and O–H groups in total. The van der Waals surface area contributed by atoms with Crippen LogP contribution in [-0.4, -0.2) is 21.9 Å². The number of benzene rings is 3. The first-order valence-electron chi connectivity index (χ1n) is 10.6. The fourth-order valence-electron chi connectivity index (χ4n) is 4.08. The Bertz CT molecular complexity index is 1210. The second-order valence-corrected chi connectivity index (χ2v) is 8.11. The molecule has 162 valence electrons. The molecule has 4 rings (SSSR count). The molecular weight excluding hydrogens is 402 g/mol. The minimum atomic E-state index is -0.819. The summed E-state index contributed by atoms with van der Waals surface area (Å²) in [6.07, 6.45) is 0.661. The molecule has 1 heterocycles. The number of ketones is 1. The first-order chi connectivity index (χ1) is 15.4. The number of Topliss-reactive ketones (excluding diaryl/α,β-unsaturated/α-hetero) is 1. The first-order valence-corrected chi connectivity index (χ1v) is 10.6. The number of aliphatic hydroxyl groups excluding tert-OH is 1. The van der Waals surface area contributed by atoms with Crippen molar-refractivity contribution in [3.8, 4) is 5.75 Å². The van der Waals surface area contributed by atoms with Gasteiger partial charge in [0.05, 0.1) is 11.6 Å². The zero-order valence-electron chi connectivity index (χ0n) is 18.1. The highest BCUT2D eigenvalue weighted by molar-refractivity contribution is 6.16. The lowest BCUT2D eigenvalue weighted by molar-refractivity contribution is -0.118. The Morgan fingerprint density at radius 3 is 2.34 bits per heavy atom. The number of anilines is 1. The van der Waals surface area contributed by atoms with Gasteiger partial charge in [0.2, 0.25) is 0 Å². The van der Waals surface area contributed by atoms with Crippen LogP contribution in [0.5, 0.6) is 5.75 Å². The Kier molecular flexibility index (Phi) is 5.82. The third-order valence-corrected chi connectivity index (χ3v) is 5.95. The number of hydrogen-bond acceptors (Lipinski definition) is 4. The van der Waals surface area contributed by atoms with E-state index in [9.17, 15) is 19.8 Å². The lowest BCUT2D eigenvalue weighted by Gasteiger charge is -2.27. The van der Waals surface area contributed by atoms with E-state index in [2.05, 4.69) is 0 Å². The molecule has 0 aliphatic carbocycles. The van der Waals surface area contributed by atoms with Crippen molar-refractivity contribution in [1.82, 2.24) is 0 Å². The number of nitrogens with zero attached hydrogens (tertiary/aromatic N) is 1. The number of amides is 1. The Labute approximate surface area is 187 Å². The van der Waals surface area contributed by atoms with Crippen LogP contribution in [0.1, 0.15) is 34.7 Å². The van der Waals surface area contributed by atoms with E-state index >= 15 is 0 Å². The standard InChI is InChI=1S/C27H25NO4/c1-17-11-13-21(15-18(17)2)28-25(20-9-6-10-22(29)16-20)24(26(31)27(28)32)23(30)14-12-19-7-4-3-5-8-19/h3-11,13,15-16,25,29,31H,12,14H2,1-2H3. The minimum Gasteiger partial charge on any atom is -0.508 e. The highest BCUT2D eigenvalue weighted by Crippen LogP contribution is 2.42. The van der Waals surface area contributed by atoms with Gasteiger partial charge in [-0.1, -0.05) is 48.5 Å². The van der Waals surface area contributed by atoms with Gasteiger partial charge in [0, 0.05) is 12.1 Å². The van der Waals surface area contributed by atoms with E-state index in [-0.39, 0.29) is 23.5 Å². The molecular formula is C27H25NO4. The van der Waals surface area contributed by atoms with Crippen LogP contribution < -0.4 is 4.90 Å². The molecule has 1 unspecified atom stereocenters. The molecule has 1 aliphatic rings. The maximum atomic E-state index is 13.3. The van der Waals surface area contributed by atoms with E-state index in [4.69, 9.17) is 0 Å². The molecule has 0 spiro atoms. The van der Waals surface area contributed by atoms with Gasteiger partial charge in [-0.2, -0.15) is 0 Å². The van der Waals surface area contributed by atoms with E-state index in [1.54, 1.807) is 18.2 Å². The molecule has 1 atom stereocenters. The highest BCUT2D eigenvalue weighted by atomic mass is 16.3. The van der Waals surface area contributed by atoms with Gasteiger partial charge in [-0.05, 0) is 66.8 Å². The van der Waals surface area contributed by atoms with Gasteiger partial charge < -0.3 is 10.2 Å². The molecule has 0 fully saturated rings. The number of phenols is 1. The van der Waals surface area contributed by atoms with Gasteiger partial charge in [0.25, 0.3) is 5.91 Å². The molecule has 0 saturated carbocycles. The topological polar surface area (TPSA) is 77.8 Å². The number of carbonyl (C=O) groups is 2. The normalized spacial score (nSPS) is 16.0. The van der Waals surface area contributed by atoms with Crippen molar-refractivity contribution >= 4 is 17.4 Å². The van der Waals surface area contributed by atoms with Crippen LogP contribution in [0.15, 0.2) is 84.1 Å².